The van der Waals surface area contributed by atoms with Gasteiger partial charge in [-0.25, -0.2) is 0 Å². The average molecular weight is 368 g/mol. The van der Waals surface area contributed by atoms with Crippen LogP contribution in [0.15, 0.2) is 48.3 Å². The smallest absolute Gasteiger partial charge is 0.406 e. The Labute approximate surface area is 139 Å². The minimum Gasteiger partial charge on any atom is -0.406 e. The van der Waals surface area contributed by atoms with Crippen LogP contribution in [0.2, 0.25) is 0 Å². The van der Waals surface area contributed by atoms with E-state index in [9.17, 15) is 31.1 Å². The van der Waals surface area contributed by atoms with Crippen molar-refractivity contribution in [3.63, 3.8) is 0 Å². The van der Waals surface area contributed by atoms with Gasteiger partial charge in [0.05, 0.1) is 0 Å². The number of hydrogen-bond acceptors (Lipinski definition) is 4. The van der Waals surface area contributed by atoms with Crippen molar-refractivity contribution < 1.29 is 35.9 Å². The van der Waals surface area contributed by atoms with Crippen LogP contribution < -0.4 is 10.1 Å². The monoisotopic (exact) mass is 368 g/mol. The molecular weight excluding hydrogens is 354 g/mol. The molecule has 4 nitrogen and oxygen atoms in total. The van der Waals surface area contributed by atoms with Gasteiger partial charge in [-0.05, 0) is 30.3 Å². The molecule has 0 unspecified atom stereocenters. The summed E-state index contributed by atoms with van der Waals surface area (Å²) in [5, 5.41) is 2.52. The van der Waals surface area contributed by atoms with Crippen LogP contribution in [-0.4, -0.2) is 37.3 Å². The van der Waals surface area contributed by atoms with E-state index in [1.807, 2.05) is 0 Å². The van der Waals surface area contributed by atoms with E-state index in [0.29, 0.717) is 6.08 Å². The quantitative estimate of drug-likeness (QED) is 0.467. The minimum atomic E-state index is -5.04. The van der Waals surface area contributed by atoms with Crippen molar-refractivity contribution in [2.75, 3.05) is 19.4 Å². The molecule has 1 rings (SSSR count). The van der Waals surface area contributed by atoms with E-state index >= 15 is 0 Å². The molecule has 10 heteroatoms. The van der Waals surface area contributed by atoms with Crippen LogP contribution in [0.25, 0.3) is 0 Å². The predicted octanol–water partition coefficient (Wildman–Crippen LogP) is 4.09. The number of hydrogen-bond donors (Lipinski definition) is 1. The van der Waals surface area contributed by atoms with Crippen molar-refractivity contribution >= 4 is 11.5 Å². The van der Waals surface area contributed by atoms with Crippen LogP contribution in [0.5, 0.6) is 5.75 Å². The number of alkyl halides is 6. The Balaban J connectivity index is 2.98. The lowest BCUT2D eigenvalue weighted by Gasteiger charge is -2.12. The number of anilines is 1. The molecule has 138 valence electrons. The molecule has 1 N–H and O–H groups in total. The van der Waals surface area contributed by atoms with Gasteiger partial charge < -0.3 is 15.0 Å². The molecule has 0 saturated heterocycles. The number of carbonyl (C=O) groups excluding carboxylic acids is 1. The summed E-state index contributed by atoms with van der Waals surface area (Å²) in [5.41, 5.74) is -0.0281. The molecule has 0 aliphatic carbocycles. The van der Waals surface area contributed by atoms with Gasteiger partial charge in [-0.2, -0.15) is 13.2 Å². The van der Waals surface area contributed by atoms with Crippen molar-refractivity contribution in [2.24, 2.45) is 0 Å². The molecular formula is C15H14F6N2O2. The van der Waals surface area contributed by atoms with Gasteiger partial charge in [0, 0.05) is 37.8 Å². The highest BCUT2D eigenvalue weighted by Crippen LogP contribution is 2.25. The lowest BCUT2D eigenvalue weighted by molar-refractivity contribution is -0.274. The molecule has 0 amide bonds. The summed E-state index contributed by atoms with van der Waals surface area (Å²) >= 11 is 0. The number of nitrogens with one attached hydrogen (secondary N) is 1. The molecule has 0 saturated carbocycles. The maximum atomic E-state index is 12.4. The van der Waals surface area contributed by atoms with Crippen LogP contribution in [0, 0.1) is 0 Å². The molecule has 0 bridgehead atoms. The third-order valence-corrected chi connectivity index (χ3v) is 2.49. The van der Waals surface area contributed by atoms with Gasteiger partial charge in [0.1, 0.15) is 5.75 Å². The highest BCUT2D eigenvalue weighted by Gasteiger charge is 2.36. The molecule has 0 atom stereocenters. The highest BCUT2D eigenvalue weighted by molar-refractivity contribution is 5.95. The Hall–Kier alpha value is -2.65. The Morgan fingerprint density at radius 3 is 2.08 bits per heavy atom. The second kappa shape index (κ2) is 7.95. The zero-order valence-corrected chi connectivity index (χ0v) is 13.1. The molecule has 0 heterocycles. The maximum absolute atomic E-state index is 12.4. The average Bonchev–Trinajstić information content (AvgIpc) is 2.44. The summed E-state index contributed by atoms with van der Waals surface area (Å²) in [6, 6.07) is 4.29. The lowest BCUT2D eigenvalue weighted by atomic mass is 10.2. The van der Waals surface area contributed by atoms with Crippen molar-refractivity contribution in [1.82, 2.24) is 4.90 Å². The van der Waals surface area contributed by atoms with Crippen LogP contribution >= 0.6 is 0 Å². The summed E-state index contributed by atoms with van der Waals surface area (Å²) in [4.78, 5) is 12.6. The van der Waals surface area contributed by atoms with E-state index in [1.54, 1.807) is 14.1 Å². The number of allylic oxidation sites excluding steroid dienone is 2. The SMILES string of the molecule is CN(C)/C=C/C(=C\C(=O)C(F)(F)F)Nc1ccc(OC(F)(F)F)cc1. The van der Waals surface area contributed by atoms with Crippen molar-refractivity contribution in [3.8, 4) is 5.75 Å². The van der Waals surface area contributed by atoms with Crippen LogP contribution in [0.4, 0.5) is 32.0 Å². The summed E-state index contributed by atoms with van der Waals surface area (Å²) in [5.74, 6) is -2.56. The van der Waals surface area contributed by atoms with Crippen molar-refractivity contribution in [1.29, 1.82) is 0 Å². The van der Waals surface area contributed by atoms with E-state index in [1.165, 1.54) is 17.2 Å². The fourth-order valence-corrected chi connectivity index (χ4v) is 1.48. The largest absolute Gasteiger partial charge is 0.573 e. The predicted molar refractivity (Wildman–Crippen MR) is 78.7 cm³/mol. The Kier molecular flexibility index (Phi) is 6.49. The molecule has 1 aromatic carbocycles. The van der Waals surface area contributed by atoms with Gasteiger partial charge in [-0.15, -0.1) is 13.2 Å². The summed E-state index contributed by atoms with van der Waals surface area (Å²) in [6.45, 7) is 0. The van der Waals surface area contributed by atoms with Gasteiger partial charge in [0.25, 0.3) is 5.78 Å². The Morgan fingerprint density at radius 2 is 1.64 bits per heavy atom. The third kappa shape index (κ3) is 8.13. The first-order valence-corrected chi connectivity index (χ1v) is 6.67. The highest BCUT2D eigenvalue weighted by atomic mass is 19.4. The zero-order valence-electron chi connectivity index (χ0n) is 13.1. The molecule has 0 spiro atoms. The van der Waals surface area contributed by atoms with Gasteiger partial charge in [-0.1, -0.05) is 0 Å². The number of ether oxygens (including phenoxy) is 1. The number of benzene rings is 1. The standard InChI is InChI=1S/C15H14F6N2O2/c1-23(2)8-7-11(9-13(24)14(16,17)18)22-10-3-5-12(6-4-10)25-15(19,20)21/h3-9,22H,1-2H3/b8-7+,11-9+. The Bertz CT molecular complexity index is 645. The normalized spacial score (nSPS) is 13.0. The summed E-state index contributed by atoms with van der Waals surface area (Å²) < 4.78 is 77.1. The van der Waals surface area contributed by atoms with E-state index in [4.69, 9.17) is 0 Å². The number of nitrogens with zero attached hydrogens (tertiary/aromatic N) is 1. The Morgan fingerprint density at radius 1 is 1.08 bits per heavy atom. The fourth-order valence-electron chi connectivity index (χ4n) is 1.48. The molecule has 25 heavy (non-hydrogen) atoms. The van der Waals surface area contributed by atoms with Gasteiger partial charge in [0.2, 0.25) is 0 Å². The van der Waals surface area contributed by atoms with Gasteiger partial charge in [-0.3, -0.25) is 4.79 Å². The third-order valence-electron chi connectivity index (χ3n) is 2.49. The van der Waals surface area contributed by atoms with Gasteiger partial charge in [0.15, 0.2) is 0 Å². The molecule has 0 radical (unpaired) electrons. The lowest BCUT2D eigenvalue weighted by Crippen LogP contribution is -2.21. The summed E-state index contributed by atoms with van der Waals surface area (Å²) in [6.07, 6.45) is -6.94. The number of ketones is 1. The second-order valence-corrected chi connectivity index (χ2v) is 4.94. The first-order valence-electron chi connectivity index (χ1n) is 6.67. The van der Waals surface area contributed by atoms with E-state index in [2.05, 4.69) is 10.1 Å². The second-order valence-electron chi connectivity index (χ2n) is 4.94. The summed E-state index contributed by atoms with van der Waals surface area (Å²) in [7, 11) is 3.23. The first kappa shape index (κ1) is 20.4. The zero-order chi connectivity index (χ0) is 19.3. The number of rotatable bonds is 6. The molecule has 0 aliphatic rings. The number of carbonyl (C=O) groups is 1. The van der Waals surface area contributed by atoms with Crippen molar-refractivity contribution in [3.05, 3.63) is 48.3 Å². The molecule has 1 aromatic rings. The first-order chi connectivity index (χ1) is 11.4. The van der Waals surface area contributed by atoms with Gasteiger partial charge >= 0.3 is 12.5 Å². The van der Waals surface area contributed by atoms with Crippen molar-refractivity contribution in [2.45, 2.75) is 12.5 Å². The molecule has 0 fully saturated rings. The van der Waals surface area contributed by atoms with E-state index < -0.39 is 24.1 Å². The molecule has 0 aromatic heterocycles. The van der Waals surface area contributed by atoms with Crippen LogP contribution in [0.3, 0.4) is 0 Å². The number of halogens is 6. The van der Waals surface area contributed by atoms with Crippen LogP contribution in [-0.2, 0) is 4.79 Å². The minimum absolute atomic E-state index is 0.166. The fraction of sp³-hybridized carbons (Fsp3) is 0.267. The maximum Gasteiger partial charge on any atom is 0.573 e. The van der Waals surface area contributed by atoms with E-state index in [0.717, 1.165) is 24.3 Å². The topological polar surface area (TPSA) is 41.6 Å². The van der Waals surface area contributed by atoms with Crippen LogP contribution in [0.1, 0.15) is 0 Å². The molecule has 0 aliphatic heterocycles. The van der Waals surface area contributed by atoms with E-state index in [-0.39, 0.29) is 11.4 Å².